The Labute approximate surface area is 63.9 Å². The molecule has 0 bridgehead atoms. The smallest absolute Gasteiger partial charge is 0.0984 e. The minimum absolute atomic E-state index is 1.000. The molecule has 0 N–H and O–H groups in total. The lowest BCUT2D eigenvalue weighted by Gasteiger charge is -2.10. The van der Waals surface area contributed by atoms with Gasteiger partial charge in [-0.3, -0.25) is 4.99 Å². The van der Waals surface area contributed by atoms with Gasteiger partial charge in [0, 0.05) is 20.0 Å². The van der Waals surface area contributed by atoms with E-state index < -0.39 is 0 Å². The average Bonchev–Trinajstić information content (AvgIpc) is 2.39. The van der Waals surface area contributed by atoms with Crippen LogP contribution in [0.25, 0.3) is 0 Å². The lowest BCUT2D eigenvalue weighted by atomic mass is 10.4. The molecule has 1 rings (SSSR count). The van der Waals surface area contributed by atoms with Gasteiger partial charge in [-0.05, 0) is 0 Å². The summed E-state index contributed by atoms with van der Waals surface area (Å²) in [6, 6.07) is 0. The average molecular weight is 142 g/mol. The van der Waals surface area contributed by atoms with E-state index in [4.69, 9.17) is 0 Å². The van der Waals surface area contributed by atoms with Crippen LogP contribution < -0.4 is 0 Å². The normalized spacial score (nSPS) is 16.0. The van der Waals surface area contributed by atoms with Gasteiger partial charge in [-0.25, -0.2) is 0 Å². The van der Waals surface area contributed by atoms with Crippen LogP contribution in [0.2, 0.25) is 0 Å². The van der Waals surface area contributed by atoms with Crippen LogP contribution in [0.15, 0.2) is 4.99 Å². The van der Waals surface area contributed by atoms with Crippen molar-refractivity contribution in [1.29, 1.82) is 0 Å². The molecule has 0 radical (unpaired) electrons. The Morgan fingerprint density at radius 2 is 2.10 bits per heavy atom. The molecule has 0 amide bonds. The van der Waals surface area contributed by atoms with Crippen molar-refractivity contribution in [3.8, 4) is 0 Å². The fourth-order valence-electron chi connectivity index (χ4n) is 0.961. The van der Waals surface area contributed by atoms with E-state index >= 15 is 0 Å². The third-order valence-corrected chi connectivity index (χ3v) is 1.49. The summed E-state index contributed by atoms with van der Waals surface area (Å²) >= 11 is 0. The molecule has 0 fully saturated rings. The molecule has 0 atom stereocenters. The van der Waals surface area contributed by atoms with Crippen molar-refractivity contribution in [2.75, 3.05) is 20.1 Å². The number of hydrogen-bond acceptors (Lipinski definition) is 2. The Morgan fingerprint density at radius 1 is 1.50 bits per heavy atom. The summed E-state index contributed by atoms with van der Waals surface area (Å²) in [5.74, 6) is 1.25. The molecule has 60 valence electrons. The summed E-state index contributed by atoms with van der Waals surface area (Å²) in [5.41, 5.74) is 0. The molecule has 1 aliphatic rings. The van der Waals surface area contributed by atoms with E-state index in [1.54, 1.807) is 0 Å². The first-order chi connectivity index (χ1) is 4.84. The molecule has 0 saturated carbocycles. The minimum Gasteiger partial charge on any atom is -0.362 e. The highest BCUT2D eigenvalue weighted by atomic mass is 15.2. The van der Waals surface area contributed by atoms with Crippen molar-refractivity contribution < 1.29 is 0 Å². The van der Waals surface area contributed by atoms with E-state index in [1.807, 2.05) is 13.8 Å². The number of amidine groups is 1. The molecule has 0 spiro atoms. The molecule has 0 saturated heterocycles. The van der Waals surface area contributed by atoms with Crippen LogP contribution in [0.4, 0.5) is 0 Å². The molecule has 0 aromatic carbocycles. The molecular weight excluding hydrogens is 124 g/mol. The monoisotopic (exact) mass is 142 g/mol. The summed E-state index contributed by atoms with van der Waals surface area (Å²) in [6.45, 7) is 8.25. The zero-order chi connectivity index (χ0) is 7.98. The third kappa shape index (κ3) is 2.38. The highest BCUT2D eigenvalue weighted by molar-refractivity contribution is 5.83. The van der Waals surface area contributed by atoms with Gasteiger partial charge in [0.25, 0.3) is 0 Å². The van der Waals surface area contributed by atoms with Crippen molar-refractivity contribution in [2.24, 2.45) is 4.99 Å². The Kier molecular flexibility index (Phi) is 4.99. The zero-order valence-electron chi connectivity index (χ0n) is 7.52. The second-order valence-corrected chi connectivity index (χ2v) is 2.07. The van der Waals surface area contributed by atoms with Crippen LogP contribution in [-0.2, 0) is 0 Å². The van der Waals surface area contributed by atoms with E-state index in [1.165, 1.54) is 5.84 Å². The van der Waals surface area contributed by atoms with Gasteiger partial charge in [-0.1, -0.05) is 20.8 Å². The SMILES string of the molecule is CC.CCC1=NCCN1C. The molecule has 0 aliphatic carbocycles. The van der Waals surface area contributed by atoms with Crippen molar-refractivity contribution in [3.63, 3.8) is 0 Å². The number of likely N-dealkylation sites (N-methyl/N-ethyl adjacent to an activating group) is 1. The second-order valence-electron chi connectivity index (χ2n) is 2.07. The predicted molar refractivity (Wildman–Crippen MR) is 46.6 cm³/mol. The Morgan fingerprint density at radius 3 is 2.30 bits per heavy atom. The maximum Gasteiger partial charge on any atom is 0.0984 e. The first-order valence-corrected chi connectivity index (χ1v) is 4.09. The molecule has 0 aromatic heterocycles. The molecule has 1 heterocycles. The molecule has 2 nitrogen and oxygen atoms in total. The van der Waals surface area contributed by atoms with Crippen LogP contribution >= 0.6 is 0 Å². The van der Waals surface area contributed by atoms with Crippen LogP contribution in [0.3, 0.4) is 0 Å². The Bertz CT molecular complexity index is 108. The molecule has 10 heavy (non-hydrogen) atoms. The maximum absolute atomic E-state index is 4.28. The minimum atomic E-state index is 1.000. The van der Waals surface area contributed by atoms with Gasteiger partial charge in [0.1, 0.15) is 0 Å². The van der Waals surface area contributed by atoms with Gasteiger partial charge in [-0.2, -0.15) is 0 Å². The second kappa shape index (κ2) is 5.27. The van der Waals surface area contributed by atoms with Crippen molar-refractivity contribution >= 4 is 5.84 Å². The van der Waals surface area contributed by atoms with Crippen LogP contribution in [0, 0.1) is 0 Å². The van der Waals surface area contributed by atoms with Gasteiger partial charge >= 0.3 is 0 Å². The fourth-order valence-corrected chi connectivity index (χ4v) is 0.961. The third-order valence-electron chi connectivity index (χ3n) is 1.49. The highest BCUT2D eigenvalue weighted by Crippen LogP contribution is 1.99. The first kappa shape index (κ1) is 9.47. The molecule has 0 unspecified atom stereocenters. The molecule has 1 aliphatic heterocycles. The summed E-state index contributed by atoms with van der Waals surface area (Å²) < 4.78 is 0. The van der Waals surface area contributed by atoms with Crippen LogP contribution in [0.5, 0.6) is 0 Å². The summed E-state index contributed by atoms with van der Waals surface area (Å²) in [7, 11) is 2.09. The molecular formula is C8H18N2. The van der Waals surface area contributed by atoms with Crippen molar-refractivity contribution in [2.45, 2.75) is 27.2 Å². The van der Waals surface area contributed by atoms with Crippen LogP contribution in [0.1, 0.15) is 27.2 Å². The van der Waals surface area contributed by atoms with Gasteiger partial charge in [0.05, 0.1) is 12.4 Å². The topological polar surface area (TPSA) is 15.6 Å². The quantitative estimate of drug-likeness (QED) is 0.544. The van der Waals surface area contributed by atoms with Gasteiger partial charge in [-0.15, -0.1) is 0 Å². The Hall–Kier alpha value is -0.530. The van der Waals surface area contributed by atoms with Crippen LogP contribution in [-0.4, -0.2) is 30.9 Å². The standard InChI is InChI=1S/C6H12N2.C2H6/c1-3-6-7-4-5-8(6)2;1-2/h3-5H2,1-2H3;1-2H3. The van der Waals surface area contributed by atoms with Gasteiger partial charge in [0.2, 0.25) is 0 Å². The number of rotatable bonds is 1. The summed E-state index contributed by atoms with van der Waals surface area (Å²) in [5, 5.41) is 0. The van der Waals surface area contributed by atoms with Crippen molar-refractivity contribution in [3.05, 3.63) is 0 Å². The van der Waals surface area contributed by atoms with Gasteiger partial charge < -0.3 is 4.90 Å². The van der Waals surface area contributed by atoms with E-state index in [0.717, 1.165) is 19.5 Å². The lowest BCUT2D eigenvalue weighted by molar-refractivity contribution is 0.547. The van der Waals surface area contributed by atoms with E-state index in [9.17, 15) is 0 Å². The number of hydrogen-bond donors (Lipinski definition) is 0. The number of nitrogens with zero attached hydrogens (tertiary/aromatic N) is 2. The fraction of sp³-hybridized carbons (Fsp3) is 0.875. The summed E-state index contributed by atoms with van der Waals surface area (Å²) in [6.07, 6.45) is 1.08. The largest absolute Gasteiger partial charge is 0.362 e. The van der Waals surface area contributed by atoms with E-state index in [0.29, 0.717) is 0 Å². The summed E-state index contributed by atoms with van der Waals surface area (Å²) in [4.78, 5) is 6.49. The maximum atomic E-state index is 4.28. The number of aliphatic imine (C=N–C) groups is 1. The molecule has 0 aromatic rings. The van der Waals surface area contributed by atoms with Crippen molar-refractivity contribution in [1.82, 2.24) is 4.90 Å². The molecule has 2 heteroatoms. The zero-order valence-corrected chi connectivity index (χ0v) is 7.52. The van der Waals surface area contributed by atoms with E-state index in [2.05, 4.69) is 23.9 Å². The Balaban J connectivity index is 0.000000371. The van der Waals surface area contributed by atoms with E-state index in [-0.39, 0.29) is 0 Å². The highest BCUT2D eigenvalue weighted by Gasteiger charge is 2.07. The predicted octanol–water partition coefficient (Wildman–Crippen LogP) is 1.77. The first-order valence-electron chi connectivity index (χ1n) is 4.09. The lowest BCUT2D eigenvalue weighted by Crippen LogP contribution is -2.21. The van der Waals surface area contributed by atoms with Gasteiger partial charge in [0.15, 0.2) is 0 Å².